The Morgan fingerprint density at radius 2 is 1.70 bits per heavy atom. The van der Waals surface area contributed by atoms with Crippen LogP contribution in [0.15, 0.2) is 60.7 Å². The van der Waals surface area contributed by atoms with E-state index < -0.39 is 0 Å². The maximum atomic E-state index is 12.6. The molecule has 27 heavy (non-hydrogen) atoms. The number of carbonyl (C=O) groups excluding carboxylic acids is 1. The Bertz CT molecular complexity index is 922. The van der Waals surface area contributed by atoms with Crippen molar-refractivity contribution < 1.29 is 4.79 Å². The molecule has 1 fully saturated rings. The number of anilines is 2. The SMILES string of the molecule is O=C(NC1CC1)c1cc(NCCCNc2ccccc2)nc2ccccc12. The Morgan fingerprint density at radius 1 is 0.963 bits per heavy atom. The van der Waals surface area contributed by atoms with Gasteiger partial charge in [0.05, 0.1) is 11.1 Å². The molecule has 1 aliphatic carbocycles. The molecule has 1 amide bonds. The van der Waals surface area contributed by atoms with E-state index in [9.17, 15) is 4.79 Å². The summed E-state index contributed by atoms with van der Waals surface area (Å²) in [5.74, 6) is 0.735. The van der Waals surface area contributed by atoms with E-state index in [1.807, 2.05) is 48.5 Å². The lowest BCUT2D eigenvalue weighted by Gasteiger charge is -2.12. The van der Waals surface area contributed by atoms with Crippen LogP contribution in [0, 0.1) is 0 Å². The minimum absolute atomic E-state index is 0.00936. The predicted octanol–water partition coefficient (Wildman–Crippen LogP) is 4.04. The minimum atomic E-state index is -0.00936. The number of amides is 1. The highest BCUT2D eigenvalue weighted by atomic mass is 16.1. The molecule has 0 aliphatic heterocycles. The highest BCUT2D eigenvalue weighted by molar-refractivity contribution is 6.07. The summed E-state index contributed by atoms with van der Waals surface area (Å²) in [4.78, 5) is 17.3. The molecule has 0 unspecified atom stereocenters. The Hall–Kier alpha value is -3.08. The number of nitrogens with one attached hydrogen (secondary N) is 3. The summed E-state index contributed by atoms with van der Waals surface area (Å²) in [6.45, 7) is 1.66. The molecule has 5 heteroatoms. The zero-order valence-corrected chi connectivity index (χ0v) is 15.2. The Kier molecular flexibility index (Phi) is 5.19. The first-order chi connectivity index (χ1) is 13.3. The van der Waals surface area contributed by atoms with E-state index in [-0.39, 0.29) is 5.91 Å². The van der Waals surface area contributed by atoms with E-state index in [1.165, 1.54) is 0 Å². The maximum absolute atomic E-state index is 12.6. The second-order valence-corrected chi connectivity index (χ2v) is 6.89. The van der Waals surface area contributed by atoms with E-state index in [0.717, 1.165) is 54.8 Å². The van der Waals surface area contributed by atoms with Crippen molar-refractivity contribution in [3.8, 4) is 0 Å². The van der Waals surface area contributed by atoms with Gasteiger partial charge in [0.2, 0.25) is 0 Å². The van der Waals surface area contributed by atoms with Crippen LogP contribution in [0.1, 0.15) is 29.6 Å². The van der Waals surface area contributed by atoms with Gasteiger partial charge in [-0.2, -0.15) is 0 Å². The third-order valence-electron chi connectivity index (χ3n) is 4.64. The average molecular weight is 360 g/mol. The highest BCUT2D eigenvalue weighted by Gasteiger charge is 2.24. The van der Waals surface area contributed by atoms with Gasteiger partial charge in [0.1, 0.15) is 5.82 Å². The second-order valence-electron chi connectivity index (χ2n) is 6.89. The van der Waals surface area contributed by atoms with E-state index in [1.54, 1.807) is 0 Å². The number of hydrogen-bond acceptors (Lipinski definition) is 4. The van der Waals surface area contributed by atoms with Gasteiger partial charge in [-0.25, -0.2) is 4.98 Å². The van der Waals surface area contributed by atoms with E-state index >= 15 is 0 Å². The summed E-state index contributed by atoms with van der Waals surface area (Å²) in [5.41, 5.74) is 2.66. The van der Waals surface area contributed by atoms with Gasteiger partial charge in [-0.1, -0.05) is 36.4 Å². The molecule has 1 saturated carbocycles. The predicted molar refractivity (Wildman–Crippen MR) is 110 cm³/mol. The van der Waals surface area contributed by atoms with Crippen LogP contribution >= 0.6 is 0 Å². The third kappa shape index (κ3) is 4.56. The number of carbonyl (C=O) groups is 1. The molecule has 3 N–H and O–H groups in total. The van der Waals surface area contributed by atoms with Crippen LogP contribution in [0.25, 0.3) is 10.9 Å². The Balaban J connectivity index is 1.39. The van der Waals surface area contributed by atoms with E-state index in [2.05, 4.69) is 33.1 Å². The summed E-state index contributed by atoms with van der Waals surface area (Å²) in [6, 6.07) is 20.2. The fourth-order valence-electron chi connectivity index (χ4n) is 3.04. The zero-order valence-electron chi connectivity index (χ0n) is 15.2. The molecule has 4 rings (SSSR count). The normalized spacial score (nSPS) is 13.3. The lowest BCUT2D eigenvalue weighted by molar-refractivity contribution is 0.0952. The largest absolute Gasteiger partial charge is 0.385 e. The fourth-order valence-corrected chi connectivity index (χ4v) is 3.04. The third-order valence-corrected chi connectivity index (χ3v) is 4.64. The van der Waals surface area contributed by atoms with Gasteiger partial charge >= 0.3 is 0 Å². The van der Waals surface area contributed by atoms with Gasteiger partial charge in [0.15, 0.2) is 0 Å². The van der Waals surface area contributed by atoms with Crippen molar-refractivity contribution in [1.82, 2.24) is 10.3 Å². The van der Waals surface area contributed by atoms with Gasteiger partial charge in [-0.05, 0) is 43.5 Å². The molecule has 0 radical (unpaired) electrons. The molecule has 5 nitrogen and oxygen atoms in total. The molecular formula is C22H24N4O. The van der Waals surface area contributed by atoms with Crippen molar-refractivity contribution in [3.63, 3.8) is 0 Å². The molecule has 1 heterocycles. The summed E-state index contributed by atoms with van der Waals surface area (Å²) in [7, 11) is 0. The molecule has 3 aromatic rings. The molecule has 2 aromatic carbocycles. The minimum Gasteiger partial charge on any atom is -0.385 e. The summed E-state index contributed by atoms with van der Waals surface area (Å²) in [6.07, 6.45) is 3.11. The van der Waals surface area contributed by atoms with Crippen LogP contribution in [0.5, 0.6) is 0 Å². The van der Waals surface area contributed by atoms with Gasteiger partial charge in [-0.15, -0.1) is 0 Å². The number of nitrogens with zero attached hydrogens (tertiary/aromatic N) is 1. The summed E-state index contributed by atoms with van der Waals surface area (Å²) in [5, 5.41) is 10.7. The molecule has 1 aromatic heterocycles. The van der Waals surface area contributed by atoms with Crippen LogP contribution in [-0.4, -0.2) is 30.0 Å². The molecule has 0 bridgehead atoms. The second kappa shape index (κ2) is 8.08. The van der Waals surface area contributed by atoms with Gasteiger partial charge in [0, 0.05) is 30.2 Å². The standard InChI is InChI=1S/C22H24N4O/c27-22(25-17-11-12-17)19-15-21(26-20-10-5-4-9-18(19)20)24-14-6-13-23-16-7-2-1-3-8-16/h1-5,7-10,15,17,23H,6,11-14H2,(H,24,26)(H,25,27). The molecule has 0 saturated heterocycles. The van der Waals surface area contributed by atoms with Crippen molar-refractivity contribution in [1.29, 1.82) is 0 Å². The lowest BCUT2D eigenvalue weighted by Crippen LogP contribution is -2.25. The van der Waals surface area contributed by atoms with Crippen molar-refractivity contribution in [2.24, 2.45) is 0 Å². The van der Waals surface area contributed by atoms with Crippen molar-refractivity contribution >= 4 is 28.3 Å². The smallest absolute Gasteiger partial charge is 0.252 e. The average Bonchev–Trinajstić information content (AvgIpc) is 3.52. The topological polar surface area (TPSA) is 66.1 Å². The summed E-state index contributed by atoms with van der Waals surface area (Å²) < 4.78 is 0. The molecule has 1 aliphatic rings. The van der Waals surface area contributed by atoms with E-state index in [0.29, 0.717) is 11.6 Å². The quantitative estimate of drug-likeness (QED) is 0.531. The number of hydrogen-bond donors (Lipinski definition) is 3. The van der Waals surface area contributed by atoms with Gasteiger partial charge < -0.3 is 16.0 Å². The van der Waals surface area contributed by atoms with E-state index in [4.69, 9.17) is 0 Å². The number of para-hydroxylation sites is 2. The molecular weight excluding hydrogens is 336 g/mol. The molecule has 138 valence electrons. The van der Waals surface area contributed by atoms with Crippen molar-refractivity contribution in [2.75, 3.05) is 23.7 Å². The van der Waals surface area contributed by atoms with Crippen LogP contribution in [0.4, 0.5) is 11.5 Å². The van der Waals surface area contributed by atoms with Crippen LogP contribution in [0.3, 0.4) is 0 Å². The van der Waals surface area contributed by atoms with Gasteiger partial charge in [-0.3, -0.25) is 4.79 Å². The lowest BCUT2D eigenvalue weighted by atomic mass is 10.1. The Morgan fingerprint density at radius 3 is 2.52 bits per heavy atom. The number of rotatable bonds is 8. The van der Waals surface area contributed by atoms with Gasteiger partial charge in [0.25, 0.3) is 5.91 Å². The number of pyridine rings is 1. The first-order valence-corrected chi connectivity index (χ1v) is 9.53. The number of aromatic nitrogens is 1. The molecule has 0 atom stereocenters. The highest BCUT2D eigenvalue weighted by Crippen LogP contribution is 2.24. The molecule has 0 spiro atoms. The fraction of sp³-hybridized carbons (Fsp3) is 0.273. The zero-order chi connectivity index (χ0) is 18.5. The van der Waals surface area contributed by atoms with Crippen LogP contribution in [-0.2, 0) is 0 Å². The number of benzene rings is 2. The van der Waals surface area contributed by atoms with Crippen molar-refractivity contribution in [2.45, 2.75) is 25.3 Å². The van der Waals surface area contributed by atoms with Crippen LogP contribution < -0.4 is 16.0 Å². The first-order valence-electron chi connectivity index (χ1n) is 9.53. The Labute approximate surface area is 159 Å². The van der Waals surface area contributed by atoms with Crippen LogP contribution in [0.2, 0.25) is 0 Å². The first kappa shape index (κ1) is 17.3. The monoisotopic (exact) mass is 360 g/mol. The number of fused-ring (bicyclic) bond motifs is 1. The maximum Gasteiger partial charge on any atom is 0.252 e. The summed E-state index contributed by atoms with van der Waals surface area (Å²) >= 11 is 0. The van der Waals surface area contributed by atoms with Crippen molar-refractivity contribution in [3.05, 3.63) is 66.2 Å².